The van der Waals surface area contributed by atoms with Gasteiger partial charge in [-0.3, -0.25) is 4.57 Å². The Balaban J connectivity index is 0.00000182. The number of ether oxygens (including phenoxy) is 1. The number of halogens is 1. The Kier molecular flexibility index (Phi) is 5.52. The molecule has 0 unspecified atom stereocenters. The maximum Gasteiger partial charge on any atom is 0.343 e. The van der Waals surface area contributed by atoms with E-state index in [0.717, 1.165) is 47.4 Å². The minimum atomic E-state index is -0.193. The molecule has 0 bridgehead atoms. The predicted molar refractivity (Wildman–Crippen MR) is 99.8 cm³/mol. The van der Waals surface area contributed by atoms with E-state index in [1.54, 1.807) is 15.9 Å². The number of thiophene rings is 1. The Labute approximate surface area is 154 Å². The minimum Gasteiger partial charge on any atom is -0.378 e. The second-order valence-corrected chi connectivity index (χ2v) is 6.73. The molecular weight excluding hydrogens is 362 g/mol. The van der Waals surface area contributed by atoms with Gasteiger partial charge in [-0.05, 0) is 24.3 Å². The fourth-order valence-corrected chi connectivity index (χ4v) is 3.68. The Hall–Kier alpha value is -2.16. The van der Waals surface area contributed by atoms with Gasteiger partial charge in [0.15, 0.2) is 0 Å². The van der Waals surface area contributed by atoms with Gasteiger partial charge in [0.2, 0.25) is 0 Å². The molecule has 1 aliphatic rings. The molecule has 0 aliphatic carbocycles. The summed E-state index contributed by atoms with van der Waals surface area (Å²) in [6.45, 7) is 3.80. The monoisotopic (exact) mass is 379 g/mol. The summed E-state index contributed by atoms with van der Waals surface area (Å²) in [4.78, 5) is 20.6. The fraction of sp³-hybridized carbons (Fsp3) is 0.312. The molecular formula is C16H18ClN5O2S. The summed E-state index contributed by atoms with van der Waals surface area (Å²) in [6.07, 6.45) is 3.42. The van der Waals surface area contributed by atoms with Gasteiger partial charge in [-0.2, -0.15) is 5.10 Å². The molecule has 3 aromatic rings. The van der Waals surface area contributed by atoms with Gasteiger partial charge < -0.3 is 9.64 Å². The minimum absolute atomic E-state index is 0. The third-order valence-electron chi connectivity index (χ3n) is 3.97. The van der Waals surface area contributed by atoms with Crippen molar-refractivity contribution in [2.45, 2.75) is 6.54 Å². The summed E-state index contributed by atoms with van der Waals surface area (Å²) in [5, 5.41) is 6.15. The third kappa shape index (κ3) is 3.92. The number of nitrogens with one attached hydrogen (secondary N) is 1. The van der Waals surface area contributed by atoms with E-state index in [1.165, 1.54) is 6.33 Å². The third-order valence-corrected chi connectivity index (χ3v) is 5.09. The van der Waals surface area contributed by atoms with Crippen molar-refractivity contribution < 1.29 is 4.74 Å². The highest BCUT2D eigenvalue weighted by Gasteiger charge is 2.12. The number of morpholine rings is 1. The zero-order valence-corrected chi connectivity index (χ0v) is 15.1. The van der Waals surface area contributed by atoms with Crippen LogP contribution in [0.25, 0.3) is 10.4 Å². The molecule has 7 nitrogen and oxygen atoms in total. The molecule has 132 valence electrons. The lowest BCUT2D eigenvalue weighted by atomic mass is 10.2. The highest BCUT2D eigenvalue weighted by atomic mass is 35.5. The fourth-order valence-electron chi connectivity index (χ4n) is 2.68. The number of anilines is 1. The zero-order valence-electron chi connectivity index (χ0n) is 13.4. The summed E-state index contributed by atoms with van der Waals surface area (Å²) in [6, 6.07) is 8.25. The molecule has 0 aromatic carbocycles. The molecule has 0 amide bonds. The second kappa shape index (κ2) is 7.81. The van der Waals surface area contributed by atoms with Crippen LogP contribution in [0.15, 0.2) is 41.6 Å². The van der Waals surface area contributed by atoms with Crippen LogP contribution in [0.3, 0.4) is 0 Å². The van der Waals surface area contributed by atoms with E-state index < -0.39 is 0 Å². The first-order chi connectivity index (χ1) is 11.8. The van der Waals surface area contributed by atoms with E-state index in [-0.39, 0.29) is 18.1 Å². The van der Waals surface area contributed by atoms with Gasteiger partial charge >= 0.3 is 5.69 Å². The first-order valence-corrected chi connectivity index (χ1v) is 8.59. The quantitative estimate of drug-likeness (QED) is 0.750. The number of aromatic amines is 1. The Bertz CT molecular complexity index is 867. The van der Waals surface area contributed by atoms with E-state index in [0.29, 0.717) is 6.54 Å². The van der Waals surface area contributed by atoms with E-state index in [9.17, 15) is 4.79 Å². The number of rotatable bonds is 4. The highest BCUT2D eigenvalue weighted by Crippen LogP contribution is 2.29. The maximum atomic E-state index is 11.5. The van der Waals surface area contributed by atoms with Crippen molar-refractivity contribution in [2.75, 3.05) is 31.2 Å². The van der Waals surface area contributed by atoms with Gasteiger partial charge in [0.05, 0.1) is 19.8 Å². The van der Waals surface area contributed by atoms with Crippen LogP contribution in [0, 0.1) is 0 Å². The summed E-state index contributed by atoms with van der Waals surface area (Å²) < 4.78 is 6.92. The summed E-state index contributed by atoms with van der Waals surface area (Å²) in [5.74, 6) is 0.990. The van der Waals surface area contributed by atoms with Gasteiger partial charge in [0.1, 0.15) is 12.1 Å². The molecule has 4 rings (SSSR count). The van der Waals surface area contributed by atoms with Crippen LogP contribution in [-0.2, 0) is 11.3 Å². The number of H-pyrrole nitrogens is 1. The molecule has 0 radical (unpaired) electrons. The first-order valence-electron chi connectivity index (χ1n) is 7.77. The highest BCUT2D eigenvalue weighted by molar-refractivity contribution is 7.15. The van der Waals surface area contributed by atoms with E-state index >= 15 is 0 Å². The molecule has 1 aliphatic heterocycles. The second-order valence-electron chi connectivity index (χ2n) is 5.56. The van der Waals surface area contributed by atoms with Gasteiger partial charge in [0.25, 0.3) is 0 Å². The standard InChI is InChI=1S/C16H17N5O2S.ClH/c22-16-19-18-11-21(16)10-13-2-3-14(24-13)12-1-4-15(17-9-12)20-5-7-23-8-6-20;/h1-4,9,11H,5-8,10H2,(H,19,22);1H. The number of hydrogen-bond donors (Lipinski definition) is 1. The molecule has 3 aromatic heterocycles. The van der Waals surface area contributed by atoms with Crippen molar-refractivity contribution in [1.82, 2.24) is 19.7 Å². The van der Waals surface area contributed by atoms with Crippen molar-refractivity contribution in [3.8, 4) is 10.4 Å². The van der Waals surface area contributed by atoms with Crippen molar-refractivity contribution in [1.29, 1.82) is 0 Å². The summed E-state index contributed by atoms with van der Waals surface area (Å²) >= 11 is 1.66. The van der Waals surface area contributed by atoms with Crippen molar-refractivity contribution in [3.05, 3.63) is 52.2 Å². The van der Waals surface area contributed by atoms with Gasteiger partial charge in [-0.25, -0.2) is 14.9 Å². The average Bonchev–Trinajstić information content (AvgIpc) is 3.26. The normalized spacial score (nSPS) is 14.3. The van der Waals surface area contributed by atoms with Crippen molar-refractivity contribution in [3.63, 3.8) is 0 Å². The SMILES string of the molecule is Cl.O=c1[nH]ncn1Cc1ccc(-c2ccc(N3CCOCC3)nc2)s1. The number of pyridine rings is 1. The molecule has 25 heavy (non-hydrogen) atoms. The lowest BCUT2D eigenvalue weighted by molar-refractivity contribution is 0.122. The van der Waals surface area contributed by atoms with Gasteiger partial charge in [-0.1, -0.05) is 0 Å². The summed E-state index contributed by atoms with van der Waals surface area (Å²) in [5.41, 5.74) is 0.893. The number of nitrogens with zero attached hydrogens (tertiary/aromatic N) is 4. The first kappa shape index (κ1) is 17.7. The molecule has 0 spiro atoms. The molecule has 4 heterocycles. The molecule has 0 saturated carbocycles. The molecule has 0 atom stereocenters. The molecule has 9 heteroatoms. The zero-order chi connectivity index (χ0) is 16.4. The van der Waals surface area contributed by atoms with Crippen LogP contribution < -0.4 is 10.6 Å². The van der Waals surface area contributed by atoms with Crippen molar-refractivity contribution >= 4 is 29.6 Å². The maximum absolute atomic E-state index is 11.5. The average molecular weight is 380 g/mol. The number of aromatic nitrogens is 4. The molecule has 1 fully saturated rings. The van der Waals surface area contributed by atoms with E-state index in [2.05, 4.69) is 38.3 Å². The van der Waals surface area contributed by atoms with Crippen LogP contribution in [0.1, 0.15) is 4.88 Å². The van der Waals surface area contributed by atoms with Crippen LogP contribution >= 0.6 is 23.7 Å². The van der Waals surface area contributed by atoms with Crippen molar-refractivity contribution in [2.24, 2.45) is 0 Å². The largest absolute Gasteiger partial charge is 0.378 e. The molecule has 1 saturated heterocycles. The Morgan fingerprint density at radius 2 is 2.04 bits per heavy atom. The van der Waals surface area contributed by atoms with Crippen LogP contribution in [0.2, 0.25) is 0 Å². The van der Waals surface area contributed by atoms with Gasteiger partial charge in [-0.15, -0.1) is 23.7 Å². The van der Waals surface area contributed by atoms with E-state index in [1.807, 2.05) is 12.3 Å². The van der Waals surface area contributed by atoms with Crippen LogP contribution in [0.4, 0.5) is 5.82 Å². The number of hydrogen-bond acceptors (Lipinski definition) is 6. The topological polar surface area (TPSA) is 76.0 Å². The van der Waals surface area contributed by atoms with Crippen LogP contribution in [-0.4, -0.2) is 46.1 Å². The summed E-state index contributed by atoms with van der Waals surface area (Å²) in [7, 11) is 0. The predicted octanol–water partition coefficient (Wildman–Crippen LogP) is 2.00. The Morgan fingerprint density at radius 1 is 1.20 bits per heavy atom. The van der Waals surface area contributed by atoms with Gasteiger partial charge in [0, 0.05) is 34.6 Å². The molecule has 1 N–H and O–H groups in total. The van der Waals surface area contributed by atoms with E-state index in [4.69, 9.17) is 4.74 Å². The Morgan fingerprint density at radius 3 is 2.72 bits per heavy atom. The lowest BCUT2D eigenvalue weighted by Gasteiger charge is -2.27. The smallest absolute Gasteiger partial charge is 0.343 e. The lowest BCUT2D eigenvalue weighted by Crippen LogP contribution is -2.36. The van der Waals surface area contributed by atoms with Crippen LogP contribution in [0.5, 0.6) is 0 Å².